The lowest BCUT2D eigenvalue weighted by atomic mass is 10.0. The second-order valence-corrected chi connectivity index (χ2v) is 8.00. The lowest BCUT2D eigenvalue weighted by molar-refractivity contribution is -0.243. The van der Waals surface area contributed by atoms with Gasteiger partial charge in [0.2, 0.25) is 0 Å². The normalized spacial score (nSPS) is 22.7. The van der Waals surface area contributed by atoms with Crippen LogP contribution in [0, 0.1) is 0 Å². The van der Waals surface area contributed by atoms with E-state index >= 15 is 0 Å². The van der Waals surface area contributed by atoms with E-state index in [9.17, 15) is 5.11 Å². The van der Waals surface area contributed by atoms with Crippen LogP contribution in [-0.4, -0.2) is 23.9 Å². The van der Waals surface area contributed by atoms with Gasteiger partial charge in [0.05, 0.1) is 6.61 Å². The maximum absolute atomic E-state index is 10.1. The van der Waals surface area contributed by atoms with E-state index in [2.05, 4.69) is 13.0 Å². The van der Waals surface area contributed by atoms with Gasteiger partial charge in [0.15, 0.2) is 6.29 Å². The van der Waals surface area contributed by atoms with Gasteiger partial charge in [-0.05, 0) is 12.8 Å². The SMILES string of the molecule is CCCCCCCCCCCCC/C=C/[C@H]1OC(c2ccccc2)OC[C@@H]1O. The van der Waals surface area contributed by atoms with Crippen LogP contribution in [0.25, 0.3) is 0 Å². The number of rotatable bonds is 14. The molecule has 1 heterocycles. The largest absolute Gasteiger partial charge is 0.388 e. The minimum atomic E-state index is -0.589. The first kappa shape index (κ1) is 23.1. The molecule has 3 heteroatoms. The molecule has 0 aromatic heterocycles. The van der Waals surface area contributed by atoms with Crippen molar-refractivity contribution in [1.82, 2.24) is 0 Å². The number of unbranched alkanes of at least 4 members (excludes halogenated alkanes) is 11. The first-order chi connectivity index (χ1) is 13.8. The Kier molecular flexibility index (Phi) is 12.2. The van der Waals surface area contributed by atoms with Crippen LogP contribution in [0.2, 0.25) is 0 Å². The summed E-state index contributed by atoms with van der Waals surface area (Å²) in [6.07, 6.45) is 19.0. The Morgan fingerprint density at radius 2 is 1.50 bits per heavy atom. The fourth-order valence-electron chi connectivity index (χ4n) is 3.67. The molecular weight excluding hydrogens is 348 g/mol. The van der Waals surface area contributed by atoms with Crippen molar-refractivity contribution < 1.29 is 14.6 Å². The molecule has 0 spiro atoms. The molecule has 1 unspecified atom stereocenters. The summed E-state index contributed by atoms with van der Waals surface area (Å²) < 4.78 is 11.6. The second-order valence-electron chi connectivity index (χ2n) is 8.00. The van der Waals surface area contributed by atoms with Crippen LogP contribution in [0.15, 0.2) is 42.5 Å². The van der Waals surface area contributed by atoms with Gasteiger partial charge >= 0.3 is 0 Å². The summed E-state index contributed by atoms with van der Waals surface area (Å²) in [6, 6.07) is 9.92. The molecule has 1 fully saturated rings. The fourth-order valence-corrected chi connectivity index (χ4v) is 3.67. The van der Waals surface area contributed by atoms with Crippen LogP contribution in [0.1, 0.15) is 95.8 Å². The van der Waals surface area contributed by atoms with Crippen molar-refractivity contribution in [3.8, 4) is 0 Å². The van der Waals surface area contributed by atoms with Crippen molar-refractivity contribution in [2.24, 2.45) is 0 Å². The van der Waals surface area contributed by atoms with Crippen LogP contribution in [-0.2, 0) is 9.47 Å². The molecule has 0 bridgehead atoms. The molecule has 1 aromatic rings. The van der Waals surface area contributed by atoms with Crippen molar-refractivity contribution in [2.45, 2.75) is 102 Å². The van der Waals surface area contributed by atoms with E-state index in [0.29, 0.717) is 6.61 Å². The summed E-state index contributed by atoms with van der Waals surface area (Å²) in [7, 11) is 0. The zero-order chi connectivity index (χ0) is 19.9. The third kappa shape index (κ3) is 9.36. The number of benzene rings is 1. The lowest BCUT2D eigenvalue weighted by Gasteiger charge is -2.32. The van der Waals surface area contributed by atoms with Crippen LogP contribution in [0.4, 0.5) is 0 Å². The second kappa shape index (κ2) is 14.8. The third-order valence-electron chi connectivity index (χ3n) is 5.45. The van der Waals surface area contributed by atoms with E-state index in [1.165, 1.54) is 70.6 Å². The van der Waals surface area contributed by atoms with Crippen molar-refractivity contribution in [1.29, 1.82) is 0 Å². The smallest absolute Gasteiger partial charge is 0.184 e. The zero-order valence-corrected chi connectivity index (χ0v) is 17.7. The minimum absolute atomic E-state index is 0.285. The molecule has 3 nitrogen and oxygen atoms in total. The molecule has 0 aliphatic carbocycles. The van der Waals surface area contributed by atoms with Gasteiger partial charge in [-0.3, -0.25) is 0 Å². The zero-order valence-electron chi connectivity index (χ0n) is 17.7. The van der Waals surface area contributed by atoms with Crippen LogP contribution < -0.4 is 0 Å². The molecule has 2 rings (SSSR count). The van der Waals surface area contributed by atoms with Gasteiger partial charge in [-0.15, -0.1) is 0 Å². The Hall–Kier alpha value is -1.16. The third-order valence-corrected chi connectivity index (χ3v) is 5.45. The number of hydrogen-bond acceptors (Lipinski definition) is 3. The summed E-state index contributed by atoms with van der Waals surface area (Å²) in [5.74, 6) is 0. The quantitative estimate of drug-likeness (QED) is 0.284. The molecule has 1 saturated heterocycles. The summed E-state index contributed by atoms with van der Waals surface area (Å²) in [5, 5.41) is 10.1. The minimum Gasteiger partial charge on any atom is -0.388 e. The highest BCUT2D eigenvalue weighted by Crippen LogP contribution is 2.27. The van der Waals surface area contributed by atoms with E-state index in [0.717, 1.165) is 12.0 Å². The van der Waals surface area contributed by atoms with E-state index in [1.54, 1.807) is 0 Å². The maximum Gasteiger partial charge on any atom is 0.184 e. The molecule has 0 saturated carbocycles. The van der Waals surface area contributed by atoms with Crippen molar-refractivity contribution in [3.05, 3.63) is 48.0 Å². The Labute approximate surface area is 172 Å². The lowest BCUT2D eigenvalue weighted by Crippen LogP contribution is -2.39. The van der Waals surface area contributed by atoms with Crippen LogP contribution >= 0.6 is 0 Å². The molecule has 1 aromatic carbocycles. The molecule has 0 amide bonds. The van der Waals surface area contributed by atoms with E-state index in [1.807, 2.05) is 36.4 Å². The van der Waals surface area contributed by atoms with E-state index < -0.39 is 6.10 Å². The van der Waals surface area contributed by atoms with Crippen LogP contribution in [0.5, 0.6) is 0 Å². The summed E-state index contributed by atoms with van der Waals surface area (Å²) in [4.78, 5) is 0. The Morgan fingerprint density at radius 1 is 0.893 bits per heavy atom. The first-order valence-electron chi connectivity index (χ1n) is 11.5. The summed E-state index contributed by atoms with van der Waals surface area (Å²) >= 11 is 0. The van der Waals surface area contributed by atoms with Crippen LogP contribution in [0.3, 0.4) is 0 Å². The predicted octanol–water partition coefficient (Wildman–Crippen LogP) is 6.72. The van der Waals surface area contributed by atoms with Gasteiger partial charge < -0.3 is 14.6 Å². The molecule has 3 atom stereocenters. The van der Waals surface area contributed by atoms with Gasteiger partial charge in [-0.25, -0.2) is 0 Å². The van der Waals surface area contributed by atoms with Gasteiger partial charge in [-0.1, -0.05) is 114 Å². The molecule has 28 heavy (non-hydrogen) atoms. The number of allylic oxidation sites excluding steroid dienone is 1. The average molecular weight is 389 g/mol. The van der Waals surface area contributed by atoms with Crippen molar-refractivity contribution >= 4 is 0 Å². The molecule has 1 N–H and O–H groups in total. The van der Waals surface area contributed by atoms with Crippen molar-refractivity contribution in [2.75, 3.05) is 6.61 Å². The highest BCUT2D eigenvalue weighted by molar-refractivity contribution is 5.16. The molecule has 1 aliphatic heterocycles. The summed E-state index contributed by atoms with van der Waals surface area (Å²) in [6.45, 7) is 2.59. The average Bonchev–Trinajstić information content (AvgIpc) is 2.73. The van der Waals surface area contributed by atoms with Gasteiger partial charge in [0, 0.05) is 5.56 Å². The number of aliphatic hydroxyl groups excluding tert-OH is 1. The van der Waals surface area contributed by atoms with Crippen molar-refractivity contribution in [3.63, 3.8) is 0 Å². The first-order valence-corrected chi connectivity index (χ1v) is 11.5. The monoisotopic (exact) mass is 388 g/mol. The predicted molar refractivity (Wildman–Crippen MR) is 116 cm³/mol. The molecule has 1 aliphatic rings. The molecule has 0 radical (unpaired) electrons. The van der Waals surface area contributed by atoms with Gasteiger partial charge in [0.25, 0.3) is 0 Å². The standard InChI is InChI=1S/C25H40O3/c1-2-3-4-5-6-7-8-9-10-11-12-13-17-20-24-23(26)21-27-25(28-24)22-18-15-14-16-19-22/h14-20,23-26H,2-13,21H2,1H3/b20-17+/t23-,24+,25?/m0/s1. The Morgan fingerprint density at radius 3 is 2.14 bits per heavy atom. The number of ether oxygens (including phenoxy) is 2. The molecular formula is C25H40O3. The van der Waals surface area contributed by atoms with Gasteiger partial charge in [-0.2, -0.15) is 0 Å². The van der Waals surface area contributed by atoms with E-state index in [4.69, 9.17) is 9.47 Å². The van der Waals surface area contributed by atoms with Gasteiger partial charge in [0.1, 0.15) is 12.2 Å². The Balaban J connectivity index is 1.51. The topological polar surface area (TPSA) is 38.7 Å². The number of aliphatic hydroxyl groups is 1. The van der Waals surface area contributed by atoms with E-state index in [-0.39, 0.29) is 12.4 Å². The Bertz CT molecular complexity index is 514. The summed E-state index contributed by atoms with van der Waals surface area (Å²) in [5.41, 5.74) is 0.998. The highest BCUT2D eigenvalue weighted by Gasteiger charge is 2.29. The molecule has 158 valence electrons. The maximum atomic E-state index is 10.1. The highest BCUT2D eigenvalue weighted by atomic mass is 16.7. The number of hydrogen-bond donors (Lipinski definition) is 1. The fraction of sp³-hybridized carbons (Fsp3) is 0.680.